The number of unbranched alkanes of at least 4 members (excludes halogenated alkanes) is 3. The first kappa shape index (κ1) is 20.2. The van der Waals surface area contributed by atoms with Gasteiger partial charge in [-0.25, -0.2) is 4.99 Å². The van der Waals surface area contributed by atoms with Crippen molar-refractivity contribution in [1.82, 2.24) is 4.90 Å². The molecule has 0 unspecified atom stereocenters. The normalized spacial score (nSPS) is 13.0. The van der Waals surface area contributed by atoms with Crippen molar-refractivity contribution in [3.8, 4) is 0 Å². The molecule has 0 atom stereocenters. The van der Waals surface area contributed by atoms with E-state index in [9.17, 15) is 9.59 Å². The lowest BCUT2D eigenvalue weighted by Gasteiger charge is -2.27. The second-order valence-electron chi connectivity index (χ2n) is 6.96. The van der Waals surface area contributed by atoms with Gasteiger partial charge < -0.3 is 5.32 Å². The number of thiocarbonyl (C=S) groups is 1. The van der Waals surface area contributed by atoms with Crippen molar-refractivity contribution in [2.24, 2.45) is 4.99 Å². The molecule has 1 N–H and O–H groups in total. The van der Waals surface area contributed by atoms with Gasteiger partial charge in [-0.1, -0.05) is 31.9 Å². The van der Waals surface area contributed by atoms with Gasteiger partial charge in [0.2, 0.25) is 0 Å². The average molecular weight is 396 g/mol. The molecule has 6 heteroatoms. The van der Waals surface area contributed by atoms with Crippen molar-refractivity contribution in [2.45, 2.75) is 39.0 Å². The first-order valence-corrected chi connectivity index (χ1v) is 10.3. The Balaban J connectivity index is 1.73. The summed E-state index contributed by atoms with van der Waals surface area (Å²) in [5.41, 5.74) is 2.20. The number of amides is 2. The molecule has 2 aromatic carbocycles. The number of hydrogen-bond acceptors (Lipinski definition) is 5. The van der Waals surface area contributed by atoms with E-state index in [0.29, 0.717) is 17.7 Å². The summed E-state index contributed by atoms with van der Waals surface area (Å²) < 4.78 is 0. The molecule has 0 radical (unpaired) electrons. The smallest absolute Gasteiger partial charge is 0.261 e. The summed E-state index contributed by atoms with van der Waals surface area (Å²) in [6, 6.07) is 9.48. The number of rotatable bonds is 10. The highest BCUT2D eigenvalue weighted by molar-refractivity contribution is 7.78. The molecule has 0 bridgehead atoms. The van der Waals surface area contributed by atoms with E-state index in [1.807, 2.05) is 37.3 Å². The molecule has 1 aliphatic rings. The molecule has 0 fully saturated rings. The highest BCUT2D eigenvalue weighted by Gasteiger charge is 2.32. The molecule has 3 rings (SSSR count). The number of nitrogens with zero attached hydrogens (tertiary/aromatic N) is 2. The summed E-state index contributed by atoms with van der Waals surface area (Å²) in [7, 11) is 0. The van der Waals surface area contributed by atoms with Crippen LogP contribution < -0.4 is 5.32 Å². The van der Waals surface area contributed by atoms with E-state index in [1.165, 1.54) is 4.90 Å². The number of isothiocyanates is 1. The fraction of sp³-hybridized carbons (Fsp3) is 0.409. The third-order valence-electron chi connectivity index (χ3n) is 5.02. The highest BCUT2D eigenvalue weighted by atomic mass is 32.1. The minimum atomic E-state index is -0.193. The Morgan fingerprint density at radius 3 is 2.54 bits per heavy atom. The van der Waals surface area contributed by atoms with E-state index < -0.39 is 0 Å². The molecule has 2 aromatic rings. The van der Waals surface area contributed by atoms with E-state index in [-0.39, 0.29) is 11.8 Å². The minimum absolute atomic E-state index is 0.193. The number of imide groups is 1. The van der Waals surface area contributed by atoms with E-state index in [0.717, 1.165) is 61.7 Å². The van der Waals surface area contributed by atoms with Gasteiger partial charge in [-0.15, -0.1) is 0 Å². The summed E-state index contributed by atoms with van der Waals surface area (Å²) in [5.74, 6) is -0.387. The molecule has 1 heterocycles. The van der Waals surface area contributed by atoms with Crippen LogP contribution in [0.3, 0.4) is 0 Å². The van der Waals surface area contributed by atoms with Gasteiger partial charge in [0.05, 0.1) is 5.16 Å². The standard InChI is InChI=1S/C22H25N3O2S/c1-2-14-25-21(26)17-9-7-8-16-19(11-10-18(20(16)17)22(25)27)24-13-6-4-3-5-12-23-15-28/h7-11,24H,2-6,12-14H2,1H3. The largest absolute Gasteiger partial charge is 0.385 e. The Morgan fingerprint density at radius 2 is 1.79 bits per heavy atom. The Hall–Kier alpha value is -2.56. The zero-order valence-electron chi connectivity index (χ0n) is 16.2. The zero-order valence-corrected chi connectivity index (χ0v) is 17.0. The number of hydrogen-bond donors (Lipinski definition) is 1. The van der Waals surface area contributed by atoms with Crippen molar-refractivity contribution in [3.63, 3.8) is 0 Å². The Kier molecular flexibility index (Phi) is 6.90. The van der Waals surface area contributed by atoms with Crippen molar-refractivity contribution in [3.05, 3.63) is 41.5 Å². The number of benzene rings is 2. The van der Waals surface area contributed by atoms with Crippen LogP contribution in [0.2, 0.25) is 0 Å². The summed E-state index contributed by atoms with van der Waals surface area (Å²) in [4.78, 5) is 30.9. The van der Waals surface area contributed by atoms with E-state index in [1.54, 1.807) is 0 Å². The van der Waals surface area contributed by atoms with Gasteiger partial charge in [0.25, 0.3) is 11.8 Å². The third-order valence-corrected chi connectivity index (χ3v) is 5.14. The zero-order chi connectivity index (χ0) is 19.9. The summed E-state index contributed by atoms with van der Waals surface area (Å²) in [6.07, 6.45) is 5.06. The van der Waals surface area contributed by atoms with Crippen LogP contribution >= 0.6 is 12.2 Å². The SMILES string of the molecule is CCCN1C(=O)c2cccc3c(NCCCCCCN=C=S)ccc(c23)C1=O. The van der Waals surface area contributed by atoms with E-state index >= 15 is 0 Å². The molecular formula is C22H25N3O2S. The summed E-state index contributed by atoms with van der Waals surface area (Å²) in [5, 5.41) is 7.56. The topological polar surface area (TPSA) is 61.8 Å². The fourth-order valence-electron chi connectivity index (χ4n) is 3.67. The molecule has 0 saturated heterocycles. The molecule has 0 aromatic heterocycles. The number of nitrogens with one attached hydrogen (secondary N) is 1. The Morgan fingerprint density at radius 1 is 1.04 bits per heavy atom. The monoisotopic (exact) mass is 395 g/mol. The van der Waals surface area contributed by atoms with E-state index in [2.05, 4.69) is 27.7 Å². The van der Waals surface area contributed by atoms with Crippen molar-refractivity contribution in [1.29, 1.82) is 0 Å². The third kappa shape index (κ3) is 4.13. The number of carbonyl (C=O) groups is 2. The summed E-state index contributed by atoms with van der Waals surface area (Å²) >= 11 is 4.56. The molecule has 1 aliphatic heterocycles. The first-order valence-electron chi connectivity index (χ1n) is 9.88. The van der Waals surface area contributed by atoms with Crippen LogP contribution in [0.4, 0.5) is 5.69 Å². The van der Waals surface area contributed by atoms with Gasteiger partial charge >= 0.3 is 0 Å². The molecule has 5 nitrogen and oxygen atoms in total. The fourth-order valence-corrected chi connectivity index (χ4v) is 3.76. The Labute approximate surface area is 170 Å². The first-order chi connectivity index (χ1) is 13.7. The maximum absolute atomic E-state index is 12.8. The van der Waals surface area contributed by atoms with Crippen molar-refractivity contribution >= 4 is 45.7 Å². The number of anilines is 1. The molecule has 0 aliphatic carbocycles. The molecular weight excluding hydrogens is 370 g/mol. The predicted molar refractivity (Wildman–Crippen MR) is 116 cm³/mol. The van der Waals surface area contributed by atoms with Crippen LogP contribution in [0.1, 0.15) is 59.7 Å². The molecule has 2 amide bonds. The van der Waals surface area contributed by atoms with Gasteiger partial charge in [0.1, 0.15) is 0 Å². The van der Waals surface area contributed by atoms with Crippen molar-refractivity contribution in [2.75, 3.05) is 25.0 Å². The van der Waals surface area contributed by atoms with Crippen LogP contribution in [0.15, 0.2) is 35.3 Å². The minimum Gasteiger partial charge on any atom is -0.385 e. The van der Waals surface area contributed by atoms with Crippen LogP contribution in [0.25, 0.3) is 10.8 Å². The maximum Gasteiger partial charge on any atom is 0.261 e. The lowest BCUT2D eigenvalue weighted by atomic mass is 9.93. The van der Waals surface area contributed by atoms with Crippen LogP contribution in [0, 0.1) is 0 Å². The van der Waals surface area contributed by atoms with Gasteiger partial charge in [-0.05, 0) is 49.7 Å². The maximum atomic E-state index is 12.8. The average Bonchev–Trinajstić information content (AvgIpc) is 2.71. The molecule has 0 spiro atoms. The number of carbonyl (C=O) groups excluding carboxylic acids is 2. The number of aliphatic imine (C=N–C) groups is 1. The van der Waals surface area contributed by atoms with Crippen LogP contribution in [0.5, 0.6) is 0 Å². The van der Waals surface area contributed by atoms with Gasteiger partial charge in [0.15, 0.2) is 0 Å². The van der Waals surface area contributed by atoms with Gasteiger partial charge in [0, 0.05) is 47.2 Å². The van der Waals surface area contributed by atoms with Crippen LogP contribution in [-0.2, 0) is 0 Å². The molecule has 0 saturated carbocycles. The Bertz CT molecular complexity index is 913. The van der Waals surface area contributed by atoms with Crippen molar-refractivity contribution < 1.29 is 9.59 Å². The lowest BCUT2D eigenvalue weighted by molar-refractivity contribution is 0.0610. The van der Waals surface area contributed by atoms with Crippen LogP contribution in [-0.4, -0.2) is 41.5 Å². The van der Waals surface area contributed by atoms with E-state index in [4.69, 9.17) is 0 Å². The molecule has 146 valence electrons. The second kappa shape index (κ2) is 9.58. The quantitative estimate of drug-likeness (QED) is 0.268. The lowest BCUT2D eigenvalue weighted by Crippen LogP contribution is -2.40. The highest BCUT2D eigenvalue weighted by Crippen LogP contribution is 2.34. The summed E-state index contributed by atoms with van der Waals surface area (Å²) in [6.45, 7) is 4.01. The second-order valence-corrected chi connectivity index (χ2v) is 7.15. The van der Waals surface area contributed by atoms with Gasteiger partial charge in [-0.2, -0.15) is 0 Å². The predicted octanol–water partition coefficient (Wildman–Crippen LogP) is 4.92. The molecule has 28 heavy (non-hydrogen) atoms. The van der Waals surface area contributed by atoms with Gasteiger partial charge in [-0.3, -0.25) is 14.5 Å².